The molecule has 78 valence electrons. The number of benzene rings is 1. The quantitative estimate of drug-likeness (QED) is 0.754. The van der Waals surface area contributed by atoms with Crippen molar-refractivity contribution < 1.29 is 23.4 Å². The number of aliphatic hydroxyl groups is 1. The van der Waals surface area contributed by atoms with Gasteiger partial charge in [0.2, 0.25) is 0 Å². The van der Waals surface area contributed by atoms with Crippen LogP contribution < -0.4 is 4.74 Å². The SMILES string of the molecule is COCOc1ccc(F)c(F)c1CO. The zero-order valence-electron chi connectivity index (χ0n) is 7.59. The maximum absolute atomic E-state index is 13.0. The van der Waals surface area contributed by atoms with E-state index in [9.17, 15) is 8.78 Å². The first kappa shape index (κ1) is 10.9. The van der Waals surface area contributed by atoms with Crippen molar-refractivity contribution in [2.75, 3.05) is 13.9 Å². The maximum Gasteiger partial charge on any atom is 0.188 e. The summed E-state index contributed by atoms with van der Waals surface area (Å²) in [4.78, 5) is 0. The van der Waals surface area contributed by atoms with Crippen LogP contribution in [0, 0.1) is 11.6 Å². The smallest absolute Gasteiger partial charge is 0.188 e. The van der Waals surface area contributed by atoms with Crippen LogP contribution in [-0.2, 0) is 11.3 Å². The molecular weight excluding hydrogens is 194 g/mol. The molecule has 0 aromatic heterocycles. The van der Waals surface area contributed by atoms with Crippen molar-refractivity contribution in [3.8, 4) is 5.75 Å². The topological polar surface area (TPSA) is 38.7 Å². The van der Waals surface area contributed by atoms with Gasteiger partial charge < -0.3 is 14.6 Å². The van der Waals surface area contributed by atoms with Crippen LogP contribution in [0.4, 0.5) is 8.78 Å². The van der Waals surface area contributed by atoms with Gasteiger partial charge >= 0.3 is 0 Å². The molecule has 0 fully saturated rings. The molecule has 0 heterocycles. The second-order valence-corrected chi connectivity index (χ2v) is 2.55. The summed E-state index contributed by atoms with van der Waals surface area (Å²) in [5, 5.41) is 8.80. The molecule has 1 aromatic rings. The zero-order valence-corrected chi connectivity index (χ0v) is 7.59. The third kappa shape index (κ3) is 2.18. The predicted octanol–water partition coefficient (Wildman–Crippen LogP) is 1.44. The molecular formula is C9H10F2O3. The van der Waals surface area contributed by atoms with Crippen LogP contribution in [0.2, 0.25) is 0 Å². The van der Waals surface area contributed by atoms with Crippen LogP contribution in [0.1, 0.15) is 5.56 Å². The zero-order chi connectivity index (χ0) is 10.6. The van der Waals surface area contributed by atoms with E-state index in [-0.39, 0.29) is 18.1 Å². The Balaban J connectivity index is 2.98. The van der Waals surface area contributed by atoms with Crippen LogP contribution in [-0.4, -0.2) is 19.0 Å². The number of methoxy groups -OCH3 is 1. The highest BCUT2D eigenvalue weighted by molar-refractivity contribution is 5.34. The fraction of sp³-hybridized carbons (Fsp3) is 0.333. The molecule has 0 aliphatic heterocycles. The van der Waals surface area contributed by atoms with Crippen molar-refractivity contribution in [1.29, 1.82) is 0 Å². The van der Waals surface area contributed by atoms with Gasteiger partial charge in [-0.2, -0.15) is 0 Å². The van der Waals surface area contributed by atoms with Crippen LogP contribution in [0.25, 0.3) is 0 Å². The molecule has 0 amide bonds. The molecule has 1 N–H and O–H groups in total. The molecule has 0 unspecified atom stereocenters. The largest absolute Gasteiger partial charge is 0.467 e. The fourth-order valence-electron chi connectivity index (χ4n) is 0.980. The van der Waals surface area contributed by atoms with E-state index >= 15 is 0 Å². The highest BCUT2D eigenvalue weighted by atomic mass is 19.2. The third-order valence-electron chi connectivity index (χ3n) is 1.64. The Morgan fingerprint density at radius 2 is 2.07 bits per heavy atom. The van der Waals surface area contributed by atoms with Gasteiger partial charge in [0.05, 0.1) is 12.2 Å². The van der Waals surface area contributed by atoms with E-state index in [0.29, 0.717) is 0 Å². The first-order valence-electron chi connectivity index (χ1n) is 3.90. The molecule has 0 saturated heterocycles. The van der Waals surface area contributed by atoms with E-state index in [1.165, 1.54) is 13.2 Å². The predicted molar refractivity (Wildman–Crippen MR) is 44.8 cm³/mol. The van der Waals surface area contributed by atoms with E-state index in [0.717, 1.165) is 6.07 Å². The summed E-state index contributed by atoms with van der Waals surface area (Å²) < 4.78 is 35.2. The lowest BCUT2D eigenvalue weighted by atomic mass is 10.2. The second kappa shape index (κ2) is 4.88. The minimum Gasteiger partial charge on any atom is -0.467 e. The normalized spacial score (nSPS) is 10.3. The minimum absolute atomic E-state index is 0.0771. The lowest BCUT2D eigenvalue weighted by Crippen LogP contribution is -2.04. The molecule has 1 rings (SSSR count). The van der Waals surface area contributed by atoms with Crippen molar-refractivity contribution in [2.24, 2.45) is 0 Å². The van der Waals surface area contributed by atoms with Gasteiger partial charge in [-0.25, -0.2) is 8.78 Å². The Bertz CT molecular complexity index is 315. The van der Waals surface area contributed by atoms with Crippen molar-refractivity contribution in [3.05, 3.63) is 29.3 Å². The van der Waals surface area contributed by atoms with Gasteiger partial charge in [-0.3, -0.25) is 0 Å². The summed E-state index contributed by atoms with van der Waals surface area (Å²) in [5.74, 6) is -2.03. The average Bonchev–Trinajstić information content (AvgIpc) is 2.20. The second-order valence-electron chi connectivity index (χ2n) is 2.55. The van der Waals surface area contributed by atoms with Crippen molar-refractivity contribution in [3.63, 3.8) is 0 Å². The third-order valence-corrected chi connectivity index (χ3v) is 1.64. The van der Waals surface area contributed by atoms with E-state index in [4.69, 9.17) is 9.84 Å². The molecule has 0 aliphatic carbocycles. The monoisotopic (exact) mass is 204 g/mol. The summed E-state index contributed by atoms with van der Waals surface area (Å²) >= 11 is 0. The van der Waals surface area contributed by atoms with Crippen LogP contribution in [0.3, 0.4) is 0 Å². The summed E-state index contributed by atoms with van der Waals surface area (Å²) in [7, 11) is 1.40. The molecule has 0 bridgehead atoms. The first-order chi connectivity index (χ1) is 6.70. The van der Waals surface area contributed by atoms with Gasteiger partial charge in [0.1, 0.15) is 5.75 Å². The van der Waals surface area contributed by atoms with E-state index in [1.807, 2.05) is 0 Å². The molecule has 1 aromatic carbocycles. The number of hydrogen-bond donors (Lipinski definition) is 1. The lowest BCUT2D eigenvalue weighted by molar-refractivity contribution is 0.0490. The van der Waals surface area contributed by atoms with Crippen molar-refractivity contribution >= 4 is 0 Å². The number of ether oxygens (including phenoxy) is 2. The minimum atomic E-state index is -1.10. The highest BCUT2D eigenvalue weighted by Gasteiger charge is 2.13. The molecule has 0 aliphatic rings. The van der Waals surface area contributed by atoms with Crippen LogP contribution in [0.15, 0.2) is 12.1 Å². The Hall–Kier alpha value is -1.20. The molecule has 5 heteroatoms. The average molecular weight is 204 g/mol. The van der Waals surface area contributed by atoms with Gasteiger partial charge in [0, 0.05) is 7.11 Å². The number of hydrogen-bond acceptors (Lipinski definition) is 3. The van der Waals surface area contributed by atoms with Crippen molar-refractivity contribution in [2.45, 2.75) is 6.61 Å². The van der Waals surface area contributed by atoms with Gasteiger partial charge in [0.15, 0.2) is 18.4 Å². The number of halogens is 2. The maximum atomic E-state index is 13.0. The highest BCUT2D eigenvalue weighted by Crippen LogP contribution is 2.23. The van der Waals surface area contributed by atoms with Crippen LogP contribution in [0.5, 0.6) is 5.75 Å². The Morgan fingerprint density at radius 3 is 2.64 bits per heavy atom. The van der Waals surface area contributed by atoms with Gasteiger partial charge in [0.25, 0.3) is 0 Å². The van der Waals surface area contributed by atoms with Crippen LogP contribution >= 0.6 is 0 Å². The van der Waals surface area contributed by atoms with E-state index in [1.54, 1.807) is 0 Å². The Morgan fingerprint density at radius 1 is 1.36 bits per heavy atom. The number of rotatable bonds is 4. The van der Waals surface area contributed by atoms with E-state index < -0.39 is 18.2 Å². The standard InChI is InChI=1S/C9H10F2O3/c1-13-5-14-8-3-2-7(10)9(11)6(8)4-12/h2-3,12H,4-5H2,1H3. The molecule has 0 spiro atoms. The summed E-state index contributed by atoms with van der Waals surface area (Å²) in [6.07, 6.45) is 0. The Labute approximate surface area is 79.9 Å². The fourth-order valence-corrected chi connectivity index (χ4v) is 0.980. The van der Waals surface area contributed by atoms with Crippen molar-refractivity contribution in [1.82, 2.24) is 0 Å². The van der Waals surface area contributed by atoms with Gasteiger partial charge in [-0.05, 0) is 12.1 Å². The van der Waals surface area contributed by atoms with E-state index in [2.05, 4.69) is 4.74 Å². The molecule has 0 saturated carbocycles. The number of aliphatic hydroxyl groups excluding tert-OH is 1. The first-order valence-corrected chi connectivity index (χ1v) is 3.90. The molecule has 0 atom stereocenters. The molecule has 14 heavy (non-hydrogen) atoms. The Kier molecular flexibility index (Phi) is 3.79. The molecule has 0 radical (unpaired) electrons. The van der Waals surface area contributed by atoms with Gasteiger partial charge in [-0.15, -0.1) is 0 Å². The van der Waals surface area contributed by atoms with Gasteiger partial charge in [-0.1, -0.05) is 0 Å². The summed E-state index contributed by atoms with van der Waals surface area (Å²) in [6.45, 7) is -0.708. The molecule has 3 nitrogen and oxygen atoms in total. The lowest BCUT2D eigenvalue weighted by Gasteiger charge is -2.09. The summed E-state index contributed by atoms with van der Waals surface area (Å²) in [5.41, 5.74) is -0.206. The summed E-state index contributed by atoms with van der Waals surface area (Å²) in [6, 6.07) is 2.17.